The Morgan fingerprint density at radius 3 is 2.67 bits per heavy atom. The van der Waals surface area contributed by atoms with E-state index in [-0.39, 0.29) is 0 Å². The highest BCUT2D eigenvalue weighted by Gasteiger charge is 2.25. The van der Waals surface area contributed by atoms with Gasteiger partial charge in [0.2, 0.25) is 0 Å². The van der Waals surface area contributed by atoms with Gasteiger partial charge < -0.3 is 10.2 Å². The van der Waals surface area contributed by atoms with E-state index < -0.39 is 0 Å². The zero-order chi connectivity index (χ0) is 12.1. The summed E-state index contributed by atoms with van der Waals surface area (Å²) in [5.74, 6) is 0. The van der Waals surface area contributed by atoms with E-state index in [4.69, 9.17) is 0 Å². The summed E-state index contributed by atoms with van der Waals surface area (Å²) in [5, 5.41) is 12.7. The summed E-state index contributed by atoms with van der Waals surface area (Å²) in [6.45, 7) is 0. The van der Waals surface area contributed by atoms with Gasteiger partial charge in [0.15, 0.2) is 0 Å². The molecule has 0 saturated carbocycles. The van der Waals surface area contributed by atoms with Crippen LogP contribution in [-0.2, 0) is 0 Å². The van der Waals surface area contributed by atoms with E-state index in [1.165, 1.54) is 0 Å². The van der Waals surface area contributed by atoms with Crippen LogP contribution in [0.15, 0.2) is 47.9 Å². The molecule has 0 amide bonds. The molecule has 0 unspecified atom stereocenters. The molecule has 2 N–H and O–H groups in total. The van der Waals surface area contributed by atoms with Gasteiger partial charge in [-0.3, -0.25) is 0 Å². The second-order valence-corrected chi connectivity index (χ2v) is 4.31. The summed E-state index contributed by atoms with van der Waals surface area (Å²) in [6, 6.07) is 11.9. The van der Waals surface area contributed by atoms with Gasteiger partial charge in [0.1, 0.15) is 5.71 Å². The number of benzene rings is 2. The number of hydrogen-bond acceptors (Lipinski definition) is 3. The standard InChI is InChI=1S/C14H9N3O/c18-17-14-9-4-2-1-3-8(9)10-5-12-13(6-11(10)14)16-7-15-12/h1-7,18H,(H,15,16). The molecular formula is C14H9N3O. The van der Waals surface area contributed by atoms with Crippen LogP contribution in [0, 0.1) is 0 Å². The first-order chi connectivity index (χ1) is 8.88. The number of oxime groups is 1. The van der Waals surface area contributed by atoms with Crippen LogP contribution in [0.2, 0.25) is 0 Å². The Kier molecular flexibility index (Phi) is 1.67. The Morgan fingerprint density at radius 2 is 1.83 bits per heavy atom. The fraction of sp³-hybridized carbons (Fsp3) is 0. The predicted molar refractivity (Wildman–Crippen MR) is 69.0 cm³/mol. The number of H-pyrrole nitrogens is 1. The number of nitrogens with one attached hydrogen (secondary N) is 1. The summed E-state index contributed by atoms with van der Waals surface area (Å²) in [7, 11) is 0. The lowest BCUT2D eigenvalue weighted by Gasteiger charge is -1.99. The van der Waals surface area contributed by atoms with Crippen LogP contribution in [0.1, 0.15) is 11.1 Å². The highest BCUT2D eigenvalue weighted by atomic mass is 16.4. The van der Waals surface area contributed by atoms with Gasteiger partial charge in [0.25, 0.3) is 0 Å². The maximum atomic E-state index is 9.24. The lowest BCUT2D eigenvalue weighted by molar-refractivity contribution is 0.320. The second-order valence-electron chi connectivity index (χ2n) is 4.31. The molecule has 0 saturated heterocycles. The quantitative estimate of drug-likeness (QED) is 0.363. The number of aromatic amines is 1. The first-order valence-electron chi connectivity index (χ1n) is 5.68. The zero-order valence-electron chi connectivity index (χ0n) is 9.38. The van der Waals surface area contributed by atoms with Crippen molar-refractivity contribution in [2.24, 2.45) is 5.16 Å². The van der Waals surface area contributed by atoms with Gasteiger partial charge in [0, 0.05) is 11.1 Å². The lowest BCUT2D eigenvalue weighted by atomic mass is 10.1. The molecule has 86 valence electrons. The first-order valence-corrected chi connectivity index (χ1v) is 5.68. The third-order valence-corrected chi connectivity index (χ3v) is 3.39. The normalized spacial score (nSPS) is 15.0. The van der Waals surface area contributed by atoms with Crippen LogP contribution < -0.4 is 0 Å². The Hall–Kier alpha value is -2.62. The average Bonchev–Trinajstić information content (AvgIpc) is 2.97. The van der Waals surface area contributed by atoms with E-state index in [2.05, 4.69) is 15.1 Å². The molecule has 4 rings (SSSR count). The number of aromatic nitrogens is 2. The van der Waals surface area contributed by atoms with Gasteiger partial charge >= 0.3 is 0 Å². The minimum atomic E-state index is 0.622. The smallest absolute Gasteiger partial charge is 0.118 e. The predicted octanol–water partition coefficient (Wildman–Crippen LogP) is 2.77. The molecule has 1 heterocycles. The second kappa shape index (κ2) is 3.20. The maximum Gasteiger partial charge on any atom is 0.118 e. The molecular weight excluding hydrogens is 226 g/mol. The monoisotopic (exact) mass is 235 g/mol. The molecule has 4 heteroatoms. The van der Waals surface area contributed by atoms with Crippen molar-refractivity contribution in [3.8, 4) is 11.1 Å². The van der Waals surface area contributed by atoms with Crippen molar-refractivity contribution in [3.63, 3.8) is 0 Å². The van der Waals surface area contributed by atoms with Crippen molar-refractivity contribution < 1.29 is 5.21 Å². The van der Waals surface area contributed by atoms with Gasteiger partial charge in [0.05, 0.1) is 17.4 Å². The zero-order valence-corrected chi connectivity index (χ0v) is 9.38. The van der Waals surface area contributed by atoms with Crippen molar-refractivity contribution in [3.05, 3.63) is 53.9 Å². The number of hydrogen-bond donors (Lipinski definition) is 2. The molecule has 1 aromatic heterocycles. The Bertz CT molecular complexity index is 802. The fourth-order valence-corrected chi connectivity index (χ4v) is 2.58. The third kappa shape index (κ3) is 1.04. The summed E-state index contributed by atoms with van der Waals surface area (Å²) in [4.78, 5) is 7.34. The van der Waals surface area contributed by atoms with Gasteiger partial charge in [-0.2, -0.15) is 0 Å². The van der Waals surface area contributed by atoms with Crippen molar-refractivity contribution >= 4 is 16.7 Å². The Morgan fingerprint density at radius 1 is 1.00 bits per heavy atom. The molecule has 0 atom stereocenters. The topological polar surface area (TPSA) is 61.3 Å². The number of fused-ring (bicyclic) bond motifs is 4. The van der Waals surface area contributed by atoms with Crippen LogP contribution in [-0.4, -0.2) is 20.9 Å². The minimum Gasteiger partial charge on any atom is -0.410 e. The van der Waals surface area contributed by atoms with E-state index in [0.717, 1.165) is 33.3 Å². The first kappa shape index (κ1) is 9.41. The van der Waals surface area contributed by atoms with Crippen LogP contribution in [0.4, 0.5) is 0 Å². The molecule has 0 aliphatic heterocycles. The van der Waals surface area contributed by atoms with Crippen LogP contribution >= 0.6 is 0 Å². The molecule has 1 aliphatic rings. The average molecular weight is 235 g/mol. The molecule has 18 heavy (non-hydrogen) atoms. The van der Waals surface area contributed by atoms with E-state index in [0.29, 0.717) is 5.71 Å². The third-order valence-electron chi connectivity index (χ3n) is 3.39. The minimum absolute atomic E-state index is 0.622. The largest absolute Gasteiger partial charge is 0.410 e. The van der Waals surface area contributed by atoms with Crippen molar-refractivity contribution in [2.45, 2.75) is 0 Å². The number of imidazole rings is 1. The van der Waals surface area contributed by atoms with E-state index >= 15 is 0 Å². The van der Waals surface area contributed by atoms with Crippen molar-refractivity contribution in [1.82, 2.24) is 9.97 Å². The molecule has 4 nitrogen and oxygen atoms in total. The molecule has 1 aliphatic carbocycles. The summed E-state index contributed by atoms with van der Waals surface area (Å²) in [5.41, 5.74) is 6.55. The van der Waals surface area contributed by atoms with Crippen molar-refractivity contribution in [1.29, 1.82) is 0 Å². The van der Waals surface area contributed by atoms with Crippen LogP contribution in [0.5, 0.6) is 0 Å². The van der Waals surface area contributed by atoms with Gasteiger partial charge in [-0.25, -0.2) is 4.98 Å². The molecule has 0 bridgehead atoms. The SMILES string of the molecule is ON=C1c2ccccc2-c2cc3nc[nH]c3cc21. The van der Waals surface area contributed by atoms with Crippen LogP contribution in [0.3, 0.4) is 0 Å². The molecule has 2 aromatic carbocycles. The highest BCUT2D eigenvalue weighted by molar-refractivity contribution is 6.25. The Balaban J connectivity index is 2.16. The summed E-state index contributed by atoms with van der Waals surface area (Å²) >= 11 is 0. The molecule has 0 spiro atoms. The van der Waals surface area contributed by atoms with Crippen LogP contribution in [0.25, 0.3) is 22.2 Å². The molecule has 0 fully saturated rings. The number of rotatable bonds is 0. The van der Waals surface area contributed by atoms with Gasteiger partial charge in [-0.1, -0.05) is 29.4 Å². The Labute approximate surface area is 103 Å². The number of nitrogens with zero attached hydrogens (tertiary/aromatic N) is 2. The van der Waals surface area contributed by atoms with Gasteiger partial charge in [-0.05, 0) is 23.3 Å². The van der Waals surface area contributed by atoms with E-state index in [1.807, 2.05) is 36.4 Å². The van der Waals surface area contributed by atoms with Crippen molar-refractivity contribution in [2.75, 3.05) is 0 Å². The van der Waals surface area contributed by atoms with E-state index in [1.54, 1.807) is 6.33 Å². The summed E-state index contributed by atoms with van der Waals surface area (Å²) < 4.78 is 0. The highest BCUT2D eigenvalue weighted by Crippen LogP contribution is 2.38. The maximum absolute atomic E-state index is 9.24. The lowest BCUT2D eigenvalue weighted by Crippen LogP contribution is -1.97. The fourth-order valence-electron chi connectivity index (χ4n) is 2.58. The molecule has 3 aromatic rings. The van der Waals surface area contributed by atoms with E-state index in [9.17, 15) is 5.21 Å². The molecule has 0 radical (unpaired) electrons. The van der Waals surface area contributed by atoms with Gasteiger partial charge in [-0.15, -0.1) is 0 Å². The summed E-state index contributed by atoms with van der Waals surface area (Å²) in [6.07, 6.45) is 1.67.